The van der Waals surface area contributed by atoms with Gasteiger partial charge in [-0.25, -0.2) is 4.79 Å². The minimum Gasteiger partial charge on any atom is -0.479 e. The summed E-state index contributed by atoms with van der Waals surface area (Å²) in [6.45, 7) is 11.0. The molecule has 0 bridgehead atoms. The first-order chi connectivity index (χ1) is 13.7. The predicted octanol–water partition coefficient (Wildman–Crippen LogP) is 4.96. The molecule has 0 unspecified atom stereocenters. The minimum atomic E-state index is -0.955. The molecule has 0 radical (unpaired) electrons. The van der Waals surface area contributed by atoms with E-state index < -0.39 is 12.1 Å². The zero-order valence-electron chi connectivity index (χ0n) is 17.9. The van der Waals surface area contributed by atoms with E-state index in [4.69, 9.17) is 9.57 Å². The van der Waals surface area contributed by atoms with E-state index in [-0.39, 0.29) is 5.41 Å². The summed E-state index contributed by atoms with van der Waals surface area (Å²) in [6.07, 6.45) is -0.537. The summed E-state index contributed by atoms with van der Waals surface area (Å²) in [5, 5.41) is 13.5. The lowest BCUT2D eigenvalue weighted by molar-refractivity contribution is -0.149. The van der Waals surface area contributed by atoms with Crippen LogP contribution in [0.5, 0.6) is 0 Å². The summed E-state index contributed by atoms with van der Waals surface area (Å²) >= 11 is 0. The third-order valence-electron chi connectivity index (χ3n) is 4.66. The molecule has 0 fully saturated rings. The smallest absolute Gasteiger partial charge is 0.333 e. The Hall–Kier alpha value is -2.66. The second-order valence-corrected chi connectivity index (χ2v) is 8.08. The lowest BCUT2D eigenvalue weighted by atomic mass is 9.87. The largest absolute Gasteiger partial charge is 0.479 e. The second kappa shape index (κ2) is 10.2. The number of benzene rings is 2. The second-order valence-electron chi connectivity index (χ2n) is 8.08. The number of carboxylic acids is 1. The predicted molar refractivity (Wildman–Crippen MR) is 115 cm³/mol. The van der Waals surface area contributed by atoms with Crippen molar-refractivity contribution in [3.63, 3.8) is 0 Å². The van der Waals surface area contributed by atoms with Crippen molar-refractivity contribution in [1.29, 1.82) is 0 Å². The summed E-state index contributed by atoms with van der Waals surface area (Å²) in [5.74, 6) is -0.955. The van der Waals surface area contributed by atoms with Crippen LogP contribution in [0, 0.1) is 0 Å². The van der Waals surface area contributed by atoms with Gasteiger partial charge in [-0.2, -0.15) is 0 Å². The number of oxime groups is 1. The summed E-state index contributed by atoms with van der Waals surface area (Å²) in [7, 11) is 0. The normalized spacial score (nSPS) is 13.2. The van der Waals surface area contributed by atoms with Gasteiger partial charge in [0.1, 0.15) is 6.61 Å². The van der Waals surface area contributed by atoms with Gasteiger partial charge in [-0.15, -0.1) is 0 Å². The van der Waals surface area contributed by atoms with Gasteiger partial charge in [0.25, 0.3) is 0 Å². The lowest BCUT2D eigenvalue weighted by Gasteiger charge is -2.19. The Morgan fingerprint density at radius 2 is 1.79 bits per heavy atom. The molecule has 5 heteroatoms. The van der Waals surface area contributed by atoms with Gasteiger partial charge in [0, 0.05) is 13.0 Å². The molecular weight excluding hydrogens is 366 g/mol. The third kappa shape index (κ3) is 7.02. The van der Waals surface area contributed by atoms with Crippen LogP contribution in [0.4, 0.5) is 0 Å². The maximum absolute atomic E-state index is 11.3. The van der Waals surface area contributed by atoms with Crippen molar-refractivity contribution >= 4 is 11.7 Å². The van der Waals surface area contributed by atoms with Crippen molar-refractivity contribution in [3.05, 3.63) is 70.8 Å². The highest BCUT2D eigenvalue weighted by Crippen LogP contribution is 2.22. The molecule has 2 rings (SSSR count). The zero-order chi connectivity index (χ0) is 21.4. The van der Waals surface area contributed by atoms with Crippen molar-refractivity contribution in [2.45, 2.75) is 59.2 Å². The number of hydrogen-bond acceptors (Lipinski definition) is 4. The number of nitrogens with zero attached hydrogens (tertiary/aromatic N) is 1. The molecule has 0 saturated heterocycles. The first kappa shape index (κ1) is 22.6. The van der Waals surface area contributed by atoms with E-state index in [1.165, 1.54) is 5.56 Å². The van der Waals surface area contributed by atoms with Crippen LogP contribution < -0.4 is 0 Å². The molecule has 0 aliphatic rings. The fourth-order valence-corrected chi connectivity index (χ4v) is 2.91. The van der Waals surface area contributed by atoms with Crippen molar-refractivity contribution in [2.24, 2.45) is 5.16 Å². The van der Waals surface area contributed by atoms with E-state index >= 15 is 0 Å². The monoisotopic (exact) mass is 397 g/mol. The van der Waals surface area contributed by atoms with Crippen LogP contribution in [0.1, 0.15) is 56.9 Å². The summed E-state index contributed by atoms with van der Waals surface area (Å²) in [5.41, 5.74) is 4.98. The average Bonchev–Trinajstić information content (AvgIpc) is 2.67. The molecule has 2 aromatic rings. The standard InChI is InChI=1S/C24H31NO4/c1-6-28-22(23(26)27)15-19-8-7-9-20(14-19)17(2)25-29-16-18-10-12-21(13-11-18)24(3,4)5/h7-14,22H,6,15-16H2,1-5H3,(H,26,27)/b25-17+/t22-/m0/s1. The van der Waals surface area contributed by atoms with Crippen LogP contribution in [0.15, 0.2) is 53.7 Å². The highest BCUT2D eigenvalue weighted by molar-refractivity contribution is 5.98. The Bertz CT molecular complexity index is 835. The Kier molecular flexibility index (Phi) is 7.97. The molecule has 0 aliphatic heterocycles. The van der Waals surface area contributed by atoms with Crippen LogP contribution in [-0.2, 0) is 32.8 Å². The van der Waals surface area contributed by atoms with E-state index in [0.717, 1.165) is 22.4 Å². The van der Waals surface area contributed by atoms with E-state index in [1.54, 1.807) is 6.92 Å². The molecule has 2 aromatic carbocycles. The van der Waals surface area contributed by atoms with E-state index in [0.29, 0.717) is 19.6 Å². The van der Waals surface area contributed by atoms with E-state index in [2.05, 4.69) is 50.2 Å². The van der Waals surface area contributed by atoms with Gasteiger partial charge in [-0.05, 0) is 47.6 Å². The molecule has 0 aliphatic carbocycles. The number of hydrogen-bond donors (Lipinski definition) is 1. The van der Waals surface area contributed by atoms with Crippen molar-refractivity contribution < 1.29 is 19.5 Å². The number of carbonyl (C=O) groups is 1. The molecular formula is C24H31NO4. The highest BCUT2D eigenvalue weighted by Gasteiger charge is 2.18. The Morgan fingerprint density at radius 3 is 2.38 bits per heavy atom. The quantitative estimate of drug-likeness (QED) is 0.480. The molecule has 1 atom stereocenters. The maximum Gasteiger partial charge on any atom is 0.333 e. The topological polar surface area (TPSA) is 68.1 Å². The van der Waals surface area contributed by atoms with Crippen LogP contribution in [0.25, 0.3) is 0 Å². The summed E-state index contributed by atoms with van der Waals surface area (Å²) < 4.78 is 5.30. The van der Waals surface area contributed by atoms with Gasteiger partial charge in [0.2, 0.25) is 0 Å². The van der Waals surface area contributed by atoms with Crippen LogP contribution in [-0.4, -0.2) is 29.5 Å². The molecule has 0 heterocycles. The average molecular weight is 398 g/mol. The Balaban J connectivity index is 2.00. The van der Waals surface area contributed by atoms with Crippen LogP contribution in [0.2, 0.25) is 0 Å². The first-order valence-corrected chi connectivity index (χ1v) is 9.90. The van der Waals surface area contributed by atoms with Gasteiger partial charge in [-0.1, -0.05) is 68.4 Å². The van der Waals surface area contributed by atoms with Crippen molar-refractivity contribution in [2.75, 3.05) is 6.61 Å². The van der Waals surface area contributed by atoms with Crippen molar-refractivity contribution in [1.82, 2.24) is 0 Å². The molecule has 0 saturated carbocycles. The molecule has 0 aromatic heterocycles. The summed E-state index contributed by atoms with van der Waals surface area (Å²) in [6, 6.07) is 16.0. The summed E-state index contributed by atoms with van der Waals surface area (Å²) in [4.78, 5) is 16.8. The minimum absolute atomic E-state index is 0.126. The number of aliphatic carboxylic acids is 1. The van der Waals surface area contributed by atoms with Gasteiger partial charge in [0.15, 0.2) is 6.10 Å². The Labute approximate surface area is 173 Å². The molecule has 1 N–H and O–H groups in total. The van der Waals surface area contributed by atoms with Crippen LogP contribution in [0.3, 0.4) is 0 Å². The zero-order valence-corrected chi connectivity index (χ0v) is 17.9. The van der Waals surface area contributed by atoms with Gasteiger partial charge < -0.3 is 14.7 Å². The maximum atomic E-state index is 11.3. The number of carboxylic acid groups (broad SMARTS) is 1. The lowest BCUT2D eigenvalue weighted by Crippen LogP contribution is -2.26. The SMILES string of the molecule is CCO[C@@H](Cc1cccc(/C(C)=N/OCc2ccc(C(C)(C)C)cc2)c1)C(=O)O. The van der Waals surface area contributed by atoms with Gasteiger partial charge >= 0.3 is 5.97 Å². The number of ether oxygens (including phenoxy) is 1. The Morgan fingerprint density at radius 1 is 1.10 bits per heavy atom. The fraction of sp³-hybridized carbons (Fsp3) is 0.417. The van der Waals surface area contributed by atoms with Crippen LogP contribution >= 0.6 is 0 Å². The molecule has 0 amide bonds. The third-order valence-corrected chi connectivity index (χ3v) is 4.66. The van der Waals surface area contributed by atoms with Gasteiger partial charge in [0.05, 0.1) is 5.71 Å². The van der Waals surface area contributed by atoms with Gasteiger partial charge in [-0.3, -0.25) is 0 Å². The van der Waals surface area contributed by atoms with E-state index in [1.807, 2.05) is 31.2 Å². The highest BCUT2D eigenvalue weighted by atomic mass is 16.6. The molecule has 0 spiro atoms. The number of rotatable bonds is 9. The molecule has 5 nitrogen and oxygen atoms in total. The first-order valence-electron chi connectivity index (χ1n) is 9.90. The molecule has 156 valence electrons. The van der Waals surface area contributed by atoms with Crippen molar-refractivity contribution in [3.8, 4) is 0 Å². The molecule has 29 heavy (non-hydrogen) atoms. The van der Waals surface area contributed by atoms with E-state index in [9.17, 15) is 9.90 Å². The fourth-order valence-electron chi connectivity index (χ4n) is 2.91.